The van der Waals surface area contributed by atoms with E-state index in [4.69, 9.17) is 5.26 Å². The van der Waals surface area contributed by atoms with E-state index >= 15 is 0 Å². The van der Waals surface area contributed by atoms with Gasteiger partial charge in [-0.25, -0.2) is 0 Å². The highest BCUT2D eigenvalue weighted by molar-refractivity contribution is 9.08. The van der Waals surface area contributed by atoms with Crippen molar-refractivity contribution in [2.24, 2.45) is 0 Å². The molecule has 0 heterocycles. The SMILES string of the molecule is N#Cc1cc2cc(c1)CCc1cc(CBr)cc(c1)CC2. The lowest BCUT2D eigenvalue weighted by Gasteiger charge is -2.13. The van der Waals surface area contributed by atoms with Crippen molar-refractivity contribution in [3.8, 4) is 6.07 Å². The maximum Gasteiger partial charge on any atom is 0.0991 e. The smallest absolute Gasteiger partial charge is 0.0991 e. The number of nitrogens with zero attached hydrogens (tertiary/aromatic N) is 1. The van der Waals surface area contributed by atoms with Crippen LogP contribution in [0.1, 0.15) is 33.4 Å². The van der Waals surface area contributed by atoms with Crippen molar-refractivity contribution in [2.75, 3.05) is 0 Å². The standard InChI is InChI=1S/C18H16BrN/c19-11-17-7-13-1-3-15-6-16(10-18(9-15)12-20)4-2-14(5-13)8-17/h5-10H,1-4,11H2. The molecule has 4 bridgehead atoms. The lowest BCUT2D eigenvalue weighted by atomic mass is 9.92. The maximum atomic E-state index is 9.13. The molecule has 0 amide bonds. The van der Waals surface area contributed by atoms with Crippen LogP contribution in [0.4, 0.5) is 0 Å². The van der Waals surface area contributed by atoms with Gasteiger partial charge in [-0.05, 0) is 65.6 Å². The number of hydrogen-bond donors (Lipinski definition) is 0. The third-order valence-corrected chi connectivity index (χ3v) is 4.50. The Labute approximate surface area is 128 Å². The molecule has 0 fully saturated rings. The Hall–Kier alpha value is -1.59. The van der Waals surface area contributed by atoms with Gasteiger partial charge in [-0.15, -0.1) is 0 Å². The molecule has 0 N–H and O–H groups in total. The van der Waals surface area contributed by atoms with Crippen LogP contribution in [0.5, 0.6) is 0 Å². The van der Waals surface area contributed by atoms with Crippen molar-refractivity contribution >= 4 is 15.9 Å². The highest BCUT2D eigenvalue weighted by Crippen LogP contribution is 2.21. The van der Waals surface area contributed by atoms with E-state index < -0.39 is 0 Å². The summed E-state index contributed by atoms with van der Waals surface area (Å²) >= 11 is 3.56. The summed E-state index contributed by atoms with van der Waals surface area (Å²) in [5.41, 5.74) is 7.53. The molecule has 0 saturated heterocycles. The number of benzene rings is 2. The fourth-order valence-corrected chi connectivity index (χ4v) is 3.22. The first-order chi connectivity index (χ1) is 9.76. The van der Waals surface area contributed by atoms with Crippen molar-refractivity contribution in [1.29, 1.82) is 5.26 Å². The Morgan fingerprint density at radius 2 is 1.25 bits per heavy atom. The van der Waals surface area contributed by atoms with Crippen LogP contribution in [0.15, 0.2) is 36.4 Å². The minimum Gasteiger partial charge on any atom is -0.192 e. The molecule has 100 valence electrons. The van der Waals surface area contributed by atoms with Crippen molar-refractivity contribution < 1.29 is 0 Å². The molecule has 20 heavy (non-hydrogen) atoms. The largest absolute Gasteiger partial charge is 0.192 e. The van der Waals surface area contributed by atoms with Crippen LogP contribution in [-0.4, -0.2) is 0 Å². The van der Waals surface area contributed by atoms with Gasteiger partial charge < -0.3 is 0 Å². The van der Waals surface area contributed by atoms with Crippen LogP contribution < -0.4 is 0 Å². The third-order valence-electron chi connectivity index (χ3n) is 3.85. The number of fused-ring (bicyclic) bond motifs is 4. The number of alkyl halides is 1. The first-order valence-corrected chi connectivity index (χ1v) is 8.09. The van der Waals surface area contributed by atoms with E-state index in [-0.39, 0.29) is 0 Å². The minimum atomic E-state index is 0.794. The Bertz CT molecular complexity index is 638. The van der Waals surface area contributed by atoms with Gasteiger partial charge in [0, 0.05) is 5.33 Å². The lowest BCUT2D eigenvalue weighted by Crippen LogP contribution is -2.02. The maximum absolute atomic E-state index is 9.13. The summed E-state index contributed by atoms with van der Waals surface area (Å²) in [5.74, 6) is 0. The molecule has 0 spiro atoms. The highest BCUT2D eigenvalue weighted by Gasteiger charge is 2.08. The summed E-state index contributed by atoms with van der Waals surface area (Å²) in [6, 6.07) is 15.5. The summed E-state index contributed by atoms with van der Waals surface area (Å²) in [6.07, 6.45) is 4.10. The zero-order valence-electron chi connectivity index (χ0n) is 11.3. The number of rotatable bonds is 1. The highest BCUT2D eigenvalue weighted by atomic mass is 79.9. The molecular weight excluding hydrogens is 310 g/mol. The van der Waals surface area contributed by atoms with Crippen LogP contribution in [0.25, 0.3) is 0 Å². The average Bonchev–Trinajstić information content (AvgIpc) is 2.49. The summed E-state index contributed by atoms with van der Waals surface area (Å²) < 4.78 is 0. The first-order valence-electron chi connectivity index (χ1n) is 6.97. The molecular formula is C18H16BrN. The van der Waals surface area contributed by atoms with Crippen molar-refractivity contribution in [3.05, 3.63) is 69.8 Å². The minimum absolute atomic E-state index is 0.794. The van der Waals surface area contributed by atoms with E-state index in [0.717, 1.165) is 36.6 Å². The van der Waals surface area contributed by atoms with Gasteiger partial charge in [0.25, 0.3) is 0 Å². The van der Waals surface area contributed by atoms with E-state index in [1.165, 1.54) is 27.8 Å². The molecule has 2 aromatic carbocycles. The van der Waals surface area contributed by atoms with E-state index in [1.807, 2.05) is 12.1 Å². The molecule has 3 rings (SSSR count). The summed E-state index contributed by atoms with van der Waals surface area (Å²) in [5, 5.41) is 10.0. The van der Waals surface area contributed by atoms with Gasteiger partial charge >= 0.3 is 0 Å². The van der Waals surface area contributed by atoms with Gasteiger partial charge in [-0.2, -0.15) is 5.26 Å². The number of nitriles is 1. The quantitative estimate of drug-likeness (QED) is 0.715. The average molecular weight is 326 g/mol. The fraction of sp³-hybridized carbons (Fsp3) is 0.278. The van der Waals surface area contributed by atoms with Crippen LogP contribution in [0.3, 0.4) is 0 Å². The van der Waals surface area contributed by atoms with Crippen LogP contribution in [0.2, 0.25) is 0 Å². The van der Waals surface area contributed by atoms with Crippen LogP contribution in [0, 0.1) is 11.3 Å². The molecule has 0 saturated carbocycles. The fourth-order valence-electron chi connectivity index (χ4n) is 2.90. The van der Waals surface area contributed by atoms with Gasteiger partial charge in [0.1, 0.15) is 0 Å². The number of aryl methyl sites for hydroxylation is 4. The van der Waals surface area contributed by atoms with Crippen molar-refractivity contribution in [2.45, 2.75) is 31.0 Å². The van der Waals surface area contributed by atoms with E-state index in [9.17, 15) is 0 Å². The molecule has 1 nitrogen and oxygen atoms in total. The van der Waals surface area contributed by atoms with E-state index in [1.54, 1.807) is 0 Å². The molecule has 1 aliphatic carbocycles. The monoisotopic (exact) mass is 325 g/mol. The van der Waals surface area contributed by atoms with Gasteiger partial charge in [-0.1, -0.05) is 40.2 Å². The Balaban J connectivity index is 1.99. The molecule has 0 unspecified atom stereocenters. The molecule has 0 atom stereocenters. The Kier molecular flexibility index (Phi) is 3.89. The van der Waals surface area contributed by atoms with Crippen LogP contribution in [-0.2, 0) is 31.0 Å². The second-order valence-corrected chi connectivity index (χ2v) is 6.00. The van der Waals surface area contributed by atoms with Gasteiger partial charge in [0.05, 0.1) is 11.6 Å². The van der Waals surface area contributed by atoms with Crippen molar-refractivity contribution in [3.63, 3.8) is 0 Å². The lowest BCUT2D eigenvalue weighted by molar-refractivity contribution is 0.900. The zero-order valence-corrected chi connectivity index (χ0v) is 12.9. The first kappa shape index (κ1) is 13.4. The predicted octanol–water partition coefficient (Wildman–Crippen LogP) is 4.34. The normalized spacial score (nSPS) is 13.6. The molecule has 1 aliphatic rings. The number of halogens is 1. The molecule has 2 aromatic rings. The zero-order chi connectivity index (χ0) is 13.9. The second-order valence-electron chi connectivity index (χ2n) is 5.44. The van der Waals surface area contributed by atoms with Gasteiger partial charge in [0.2, 0.25) is 0 Å². The van der Waals surface area contributed by atoms with Gasteiger partial charge in [0.15, 0.2) is 0 Å². The summed E-state index contributed by atoms with van der Waals surface area (Å²) in [6.45, 7) is 0. The van der Waals surface area contributed by atoms with E-state index in [2.05, 4.69) is 46.3 Å². The van der Waals surface area contributed by atoms with Crippen LogP contribution >= 0.6 is 15.9 Å². The molecule has 0 aliphatic heterocycles. The predicted molar refractivity (Wildman–Crippen MR) is 85.0 cm³/mol. The molecule has 0 radical (unpaired) electrons. The molecule has 0 aromatic heterocycles. The summed E-state index contributed by atoms with van der Waals surface area (Å²) in [7, 11) is 0. The Morgan fingerprint density at radius 1 is 0.800 bits per heavy atom. The van der Waals surface area contributed by atoms with E-state index in [0.29, 0.717) is 0 Å². The van der Waals surface area contributed by atoms with Gasteiger partial charge in [-0.3, -0.25) is 0 Å². The second kappa shape index (κ2) is 5.81. The van der Waals surface area contributed by atoms with Crippen molar-refractivity contribution in [1.82, 2.24) is 0 Å². The number of hydrogen-bond acceptors (Lipinski definition) is 1. The topological polar surface area (TPSA) is 23.8 Å². The Morgan fingerprint density at radius 3 is 1.65 bits per heavy atom. The molecule has 2 heteroatoms. The third kappa shape index (κ3) is 2.94. The summed E-state index contributed by atoms with van der Waals surface area (Å²) in [4.78, 5) is 0.